The average Bonchev–Trinajstić information content (AvgIpc) is 2.90. The van der Waals surface area contributed by atoms with Gasteiger partial charge in [-0.2, -0.15) is 0 Å². The van der Waals surface area contributed by atoms with Crippen molar-refractivity contribution in [2.24, 2.45) is 0 Å². The van der Waals surface area contributed by atoms with Crippen LogP contribution in [-0.2, 0) is 33.3 Å². The van der Waals surface area contributed by atoms with Crippen molar-refractivity contribution in [3.63, 3.8) is 0 Å². The summed E-state index contributed by atoms with van der Waals surface area (Å²) in [6.45, 7) is -0.118. The van der Waals surface area contributed by atoms with Gasteiger partial charge in [0.2, 0.25) is 11.8 Å². The Kier molecular flexibility index (Phi) is 11.5. The largest absolute Gasteiger partial charge is 0.394 e. The van der Waals surface area contributed by atoms with Crippen LogP contribution in [0.2, 0.25) is 0 Å². The summed E-state index contributed by atoms with van der Waals surface area (Å²) >= 11 is 0. The fraction of sp³-hybridized carbons (Fsp3) is 0.909. The van der Waals surface area contributed by atoms with E-state index in [4.69, 9.17) is 23.7 Å². The first-order valence-corrected chi connectivity index (χ1v) is 12.6. The van der Waals surface area contributed by atoms with Crippen molar-refractivity contribution in [2.45, 2.75) is 106 Å². The fourth-order valence-electron chi connectivity index (χ4n) is 4.86. The third-order valence-corrected chi connectivity index (χ3v) is 6.90. The molecule has 0 bridgehead atoms. The highest BCUT2D eigenvalue weighted by Crippen LogP contribution is 2.32. The Hall–Kier alpha value is -1.62. The van der Waals surface area contributed by atoms with Crippen molar-refractivity contribution in [1.29, 1.82) is 0 Å². The van der Waals surface area contributed by atoms with E-state index < -0.39 is 124 Å². The average molecular weight is 587 g/mol. The molecule has 15 atom stereocenters. The number of rotatable bonds is 9. The van der Waals surface area contributed by atoms with Gasteiger partial charge >= 0.3 is 0 Å². The highest BCUT2D eigenvalue weighted by atomic mass is 16.7. The number of aliphatic hydroxyl groups is 9. The topological polar surface area (TPSA) is 286 Å². The molecular formula is C22H38N2O16. The Morgan fingerprint density at radius 2 is 1.05 bits per heavy atom. The van der Waals surface area contributed by atoms with Crippen molar-refractivity contribution < 1.29 is 79.2 Å². The number of carbonyl (C=O) groups is 2. The van der Waals surface area contributed by atoms with E-state index in [0.29, 0.717) is 0 Å². The molecular weight excluding hydrogens is 548 g/mol. The first-order valence-electron chi connectivity index (χ1n) is 12.6. The van der Waals surface area contributed by atoms with Crippen LogP contribution >= 0.6 is 0 Å². The van der Waals surface area contributed by atoms with E-state index in [9.17, 15) is 55.5 Å². The molecule has 0 spiro atoms. The van der Waals surface area contributed by atoms with Gasteiger partial charge in [0.25, 0.3) is 0 Å². The van der Waals surface area contributed by atoms with Crippen molar-refractivity contribution in [3.05, 3.63) is 0 Å². The monoisotopic (exact) mass is 586 g/mol. The number of amides is 2. The number of hydrogen-bond acceptors (Lipinski definition) is 16. The molecule has 3 saturated heterocycles. The molecule has 1 unspecified atom stereocenters. The summed E-state index contributed by atoms with van der Waals surface area (Å²) < 4.78 is 27.6. The third-order valence-electron chi connectivity index (χ3n) is 6.90. The summed E-state index contributed by atoms with van der Waals surface area (Å²) in [4.78, 5) is 23.7. The van der Waals surface area contributed by atoms with Crippen molar-refractivity contribution in [2.75, 3.05) is 19.8 Å². The lowest BCUT2D eigenvalue weighted by Gasteiger charge is -2.49. The normalized spacial score (nSPS) is 46.0. The molecule has 3 rings (SSSR count). The number of carbonyl (C=O) groups excluding carboxylic acids is 2. The Morgan fingerprint density at radius 1 is 0.600 bits per heavy atom. The summed E-state index contributed by atoms with van der Waals surface area (Å²) in [5, 5.41) is 96.5. The van der Waals surface area contributed by atoms with E-state index in [0.717, 1.165) is 13.8 Å². The van der Waals surface area contributed by atoms with Crippen LogP contribution in [0.25, 0.3) is 0 Å². The van der Waals surface area contributed by atoms with Gasteiger partial charge in [0.05, 0.1) is 19.8 Å². The van der Waals surface area contributed by atoms with Crippen LogP contribution in [0.5, 0.6) is 0 Å². The molecule has 11 N–H and O–H groups in total. The zero-order valence-electron chi connectivity index (χ0n) is 21.7. The molecule has 0 saturated carbocycles. The van der Waals surface area contributed by atoms with Gasteiger partial charge in [0.15, 0.2) is 18.9 Å². The molecule has 18 nitrogen and oxygen atoms in total. The van der Waals surface area contributed by atoms with Crippen LogP contribution in [0.3, 0.4) is 0 Å². The summed E-state index contributed by atoms with van der Waals surface area (Å²) in [5.74, 6) is -1.33. The van der Waals surface area contributed by atoms with E-state index in [1.54, 1.807) is 0 Å². The van der Waals surface area contributed by atoms with E-state index in [1.165, 1.54) is 0 Å². The predicted molar refractivity (Wildman–Crippen MR) is 124 cm³/mol. The molecule has 232 valence electrons. The van der Waals surface area contributed by atoms with Crippen LogP contribution in [0.15, 0.2) is 0 Å². The molecule has 3 heterocycles. The second-order valence-corrected chi connectivity index (χ2v) is 9.81. The zero-order valence-corrected chi connectivity index (χ0v) is 21.7. The van der Waals surface area contributed by atoms with Crippen LogP contribution in [-0.4, -0.2) is 170 Å². The highest BCUT2D eigenvalue weighted by Gasteiger charge is 2.54. The van der Waals surface area contributed by atoms with E-state index in [-0.39, 0.29) is 0 Å². The Bertz CT molecular complexity index is 854. The Labute approximate surface area is 228 Å². The molecule has 2 amide bonds. The molecule has 18 heteroatoms. The van der Waals surface area contributed by atoms with Gasteiger partial charge in [0.1, 0.15) is 73.1 Å². The molecule has 0 aliphatic carbocycles. The SMILES string of the molecule is CC(=O)N[C@H]1[C@H](O[C@H]2[C@@H](O)[C@@H](CO)OC(O)[C@@H]2O)O[C@H](CO)[C@@H](O[C@@H]2O[C@H](CO)[C@H](O)[C@H](O)[C@H]2NC(C)=O)[C@@H]1O. The molecule has 3 fully saturated rings. The summed E-state index contributed by atoms with van der Waals surface area (Å²) in [6.07, 6.45) is -21.2. The smallest absolute Gasteiger partial charge is 0.217 e. The quantitative estimate of drug-likeness (QED) is 0.120. The van der Waals surface area contributed by atoms with E-state index in [1.807, 2.05) is 0 Å². The van der Waals surface area contributed by atoms with Crippen molar-refractivity contribution in [1.82, 2.24) is 10.6 Å². The zero-order chi connectivity index (χ0) is 29.9. The molecule has 0 radical (unpaired) electrons. The maximum absolute atomic E-state index is 12.0. The Morgan fingerprint density at radius 3 is 1.55 bits per heavy atom. The third kappa shape index (κ3) is 7.05. The standard InChI is InChI=1S/C22H38N2O16/c1-6(28)23-11-15(32)13(30)8(3-25)37-21(11)39-18-10(5-27)38-22(12(16(18)33)24-7(2)29)40-19-14(31)9(4-26)36-20(35)17(19)34/h8-22,25-27,30-35H,3-5H2,1-2H3,(H,23,28)(H,24,29)/t8-,9-,10-,11-,12-,13+,14+,15-,16-,17-,18-,19+,20?,21+,22+/m1/s1. The van der Waals surface area contributed by atoms with Crippen molar-refractivity contribution >= 4 is 11.8 Å². The Balaban J connectivity index is 1.87. The van der Waals surface area contributed by atoms with Crippen LogP contribution < -0.4 is 10.6 Å². The summed E-state index contributed by atoms with van der Waals surface area (Å²) in [6, 6.07) is -2.90. The number of aliphatic hydroxyl groups excluding tert-OH is 9. The predicted octanol–water partition coefficient (Wildman–Crippen LogP) is -7.29. The van der Waals surface area contributed by atoms with Gasteiger partial charge in [-0.15, -0.1) is 0 Å². The first kappa shape index (κ1) is 32.9. The van der Waals surface area contributed by atoms with Crippen molar-refractivity contribution in [3.8, 4) is 0 Å². The van der Waals surface area contributed by atoms with E-state index in [2.05, 4.69) is 10.6 Å². The highest BCUT2D eigenvalue weighted by molar-refractivity contribution is 5.73. The molecule has 40 heavy (non-hydrogen) atoms. The minimum atomic E-state index is -1.88. The first-order chi connectivity index (χ1) is 18.8. The lowest BCUT2D eigenvalue weighted by molar-refractivity contribution is -0.358. The molecule has 3 aliphatic rings. The fourth-order valence-corrected chi connectivity index (χ4v) is 4.86. The van der Waals surface area contributed by atoms with Gasteiger partial charge in [-0.1, -0.05) is 0 Å². The molecule has 3 aliphatic heterocycles. The molecule has 0 aromatic rings. The molecule has 0 aromatic carbocycles. The number of ether oxygens (including phenoxy) is 5. The number of hydrogen-bond donors (Lipinski definition) is 11. The van der Waals surface area contributed by atoms with Gasteiger partial charge < -0.3 is 80.3 Å². The maximum Gasteiger partial charge on any atom is 0.217 e. The van der Waals surface area contributed by atoms with Gasteiger partial charge in [-0.25, -0.2) is 0 Å². The maximum atomic E-state index is 12.0. The lowest BCUT2D eigenvalue weighted by Crippen LogP contribution is -2.70. The van der Waals surface area contributed by atoms with Gasteiger partial charge in [-0.05, 0) is 0 Å². The summed E-state index contributed by atoms with van der Waals surface area (Å²) in [7, 11) is 0. The summed E-state index contributed by atoms with van der Waals surface area (Å²) in [5.41, 5.74) is 0. The lowest BCUT2D eigenvalue weighted by atomic mass is 9.94. The van der Waals surface area contributed by atoms with Gasteiger partial charge in [0, 0.05) is 13.8 Å². The van der Waals surface area contributed by atoms with Crippen LogP contribution in [0, 0.1) is 0 Å². The van der Waals surface area contributed by atoms with E-state index >= 15 is 0 Å². The second kappa shape index (κ2) is 14.0. The minimum absolute atomic E-state index is 0.642. The van der Waals surface area contributed by atoms with Crippen LogP contribution in [0.4, 0.5) is 0 Å². The number of nitrogens with one attached hydrogen (secondary N) is 2. The molecule has 0 aromatic heterocycles. The minimum Gasteiger partial charge on any atom is -0.394 e. The second-order valence-electron chi connectivity index (χ2n) is 9.81. The van der Waals surface area contributed by atoms with Gasteiger partial charge in [-0.3, -0.25) is 9.59 Å². The van der Waals surface area contributed by atoms with Crippen LogP contribution in [0.1, 0.15) is 13.8 Å².